The van der Waals surface area contributed by atoms with Gasteiger partial charge in [-0.25, -0.2) is 13.2 Å². The van der Waals surface area contributed by atoms with Crippen LogP contribution < -0.4 is 18.5 Å². The van der Waals surface area contributed by atoms with E-state index in [-0.39, 0.29) is 16.2 Å². The van der Waals surface area contributed by atoms with Crippen LogP contribution in [0.1, 0.15) is 10.4 Å². The van der Waals surface area contributed by atoms with Gasteiger partial charge in [0.2, 0.25) is 0 Å². The first-order valence-corrected chi connectivity index (χ1v) is 10.9. The van der Waals surface area contributed by atoms with Crippen LogP contribution in [0.25, 0.3) is 0 Å². The molecule has 162 valence electrons. The summed E-state index contributed by atoms with van der Waals surface area (Å²) in [6, 6.07) is 16.7. The lowest BCUT2D eigenvalue weighted by molar-refractivity contribution is 0.0734. The molecule has 3 aromatic carbocycles. The summed E-state index contributed by atoms with van der Waals surface area (Å²) in [5.41, 5.74) is 0.464. The molecule has 0 saturated heterocycles. The Morgan fingerprint density at radius 3 is 2.10 bits per heavy atom. The highest BCUT2D eigenvalue weighted by Crippen LogP contribution is 2.29. The van der Waals surface area contributed by atoms with E-state index in [0.717, 1.165) is 4.31 Å². The van der Waals surface area contributed by atoms with Crippen molar-refractivity contribution in [3.8, 4) is 17.2 Å². The van der Waals surface area contributed by atoms with E-state index in [2.05, 4.69) is 0 Å². The number of carbonyl (C=O) groups excluding carboxylic acids is 1. The van der Waals surface area contributed by atoms with Crippen molar-refractivity contribution in [2.45, 2.75) is 4.90 Å². The second-order valence-corrected chi connectivity index (χ2v) is 8.82. The maximum atomic E-state index is 13.0. The lowest BCUT2D eigenvalue weighted by atomic mass is 10.2. The molecule has 0 aliphatic carbocycles. The molecule has 9 heteroatoms. The van der Waals surface area contributed by atoms with Gasteiger partial charge in [-0.3, -0.25) is 4.31 Å². The predicted molar refractivity (Wildman–Crippen MR) is 118 cm³/mol. The van der Waals surface area contributed by atoms with Crippen molar-refractivity contribution in [1.82, 2.24) is 0 Å². The average Bonchev–Trinajstić information content (AvgIpc) is 2.78. The van der Waals surface area contributed by atoms with Gasteiger partial charge in [0.05, 0.1) is 30.4 Å². The SMILES string of the molecule is COc1cc(OC)cc(OC(=O)c2cccc(S(=O)(=O)N(C)c3cccc(Cl)c3)c2)c1. The molecule has 0 atom stereocenters. The highest BCUT2D eigenvalue weighted by molar-refractivity contribution is 7.92. The van der Waals surface area contributed by atoms with Crippen molar-refractivity contribution in [1.29, 1.82) is 0 Å². The fourth-order valence-electron chi connectivity index (χ4n) is 2.76. The maximum absolute atomic E-state index is 13.0. The third kappa shape index (κ3) is 5.10. The summed E-state index contributed by atoms with van der Waals surface area (Å²) >= 11 is 5.97. The lowest BCUT2D eigenvalue weighted by Gasteiger charge is -2.20. The second-order valence-electron chi connectivity index (χ2n) is 6.42. The van der Waals surface area contributed by atoms with Gasteiger partial charge in [0.1, 0.15) is 17.2 Å². The molecule has 0 heterocycles. The van der Waals surface area contributed by atoms with Crippen molar-refractivity contribution in [3.63, 3.8) is 0 Å². The molecular weight excluding hydrogens is 442 g/mol. The van der Waals surface area contributed by atoms with Crippen molar-refractivity contribution in [3.05, 3.63) is 77.3 Å². The molecule has 0 aliphatic rings. The van der Waals surface area contributed by atoms with Gasteiger partial charge in [-0.1, -0.05) is 23.7 Å². The summed E-state index contributed by atoms with van der Waals surface area (Å²) in [5.74, 6) is 0.367. The van der Waals surface area contributed by atoms with Crippen molar-refractivity contribution < 1.29 is 27.4 Å². The molecule has 0 fully saturated rings. The smallest absolute Gasteiger partial charge is 0.343 e. The number of benzene rings is 3. The largest absolute Gasteiger partial charge is 0.496 e. The summed E-state index contributed by atoms with van der Waals surface area (Å²) < 4.78 is 42.9. The number of esters is 1. The van der Waals surface area contributed by atoms with Crippen LogP contribution in [0.2, 0.25) is 5.02 Å². The van der Waals surface area contributed by atoms with E-state index in [4.69, 9.17) is 25.8 Å². The van der Waals surface area contributed by atoms with Crippen LogP contribution in [-0.2, 0) is 10.0 Å². The number of ether oxygens (including phenoxy) is 3. The van der Waals surface area contributed by atoms with Crippen LogP contribution in [0.4, 0.5) is 5.69 Å². The summed E-state index contributed by atoms with van der Waals surface area (Å²) in [5, 5.41) is 0.408. The quantitative estimate of drug-likeness (QED) is 0.383. The Morgan fingerprint density at radius 2 is 1.48 bits per heavy atom. The molecule has 0 bridgehead atoms. The third-order valence-corrected chi connectivity index (χ3v) is 6.45. The Bertz CT molecular complexity index is 1190. The second kappa shape index (κ2) is 9.28. The van der Waals surface area contributed by atoms with E-state index < -0.39 is 16.0 Å². The zero-order valence-corrected chi connectivity index (χ0v) is 18.6. The van der Waals surface area contributed by atoms with Crippen LogP contribution in [0.5, 0.6) is 17.2 Å². The van der Waals surface area contributed by atoms with E-state index in [1.807, 2.05) is 0 Å². The zero-order chi connectivity index (χ0) is 22.6. The van der Waals surface area contributed by atoms with E-state index in [1.54, 1.807) is 24.3 Å². The number of nitrogens with zero attached hydrogens (tertiary/aromatic N) is 1. The van der Waals surface area contributed by atoms with Gasteiger partial charge in [0.15, 0.2) is 0 Å². The number of hydrogen-bond donors (Lipinski definition) is 0. The number of halogens is 1. The summed E-state index contributed by atoms with van der Waals surface area (Å²) in [7, 11) is 0.434. The Hall–Kier alpha value is -3.23. The standard InChI is InChI=1S/C22H20ClNO6S/c1-24(17-8-5-7-16(23)11-17)31(26,27)21-9-4-6-15(10-21)22(25)30-20-13-18(28-2)12-19(14-20)29-3/h4-14H,1-3H3. The van der Waals surface area contributed by atoms with Gasteiger partial charge in [-0.2, -0.15) is 0 Å². The molecular formula is C22H20ClNO6S. The van der Waals surface area contributed by atoms with Gasteiger partial charge in [-0.05, 0) is 36.4 Å². The van der Waals surface area contributed by atoms with Crippen molar-refractivity contribution in [2.75, 3.05) is 25.6 Å². The molecule has 3 rings (SSSR count). The Labute approximate surface area is 185 Å². The van der Waals surface area contributed by atoms with E-state index in [1.165, 1.54) is 63.7 Å². The first-order valence-electron chi connectivity index (χ1n) is 9.04. The maximum Gasteiger partial charge on any atom is 0.343 e. The molecule has 0 unspecified atom stereocenters. The molecule has 0 amide bonds. The Balaban J connectivity index is 1.88. The summed E-state index contributed by atoms with van der Waals surface area (Å²) in [4.78, 5) is 12.6. The Morgan fingerprint density at radius 1 is 0.871 bits per heavy atom. The number of anilines is 1. The molecule has 0 aromatic heterocycles. The predicted octanol–water partition coefficient (Wildman–Crippen LogP) is 4.40. The monoisotopic (exact) mass is 461 g/mol. The van der Waals surface area contributed by atoms with E-state index in [0.29, 0.717) is 22.2 Å². The number of methoxy groups -OCH3 is 2. The fraction of sp³-hybridized carbons (Fsp3) is 0.136. The number of rotatable bonds is 7. The van der Waals surface area contributed by atoms with Crippen LogP contribution in [0, 0.1) is 0 Å². The first kappa shape index (κ1) is 22.5. The molecule has 0 aliphatic heterocycles. The molecule has 31 heavy (non-hydrogen) atoms. The van der Waals surface area contributed by atoms with Crippen LogP contribution in [0.15, 0.2) is 71.6 Å². The topological polar surface area (TPSA) is 82.1 Å². The number of carbonyl (C=O) groups is 1. The van der Waals surface area contributed by atoms with Gasteiger partial charge < -0.3 is 14.2 Å². The van der Waals surface area contributed by atoms with Crippen LogP contribution in [0.3, 0.4) is 0 Å². The lowest BCUT2D eigenvalue weighted by Crippen LogP contribution is -2.26. The molecule has 0 saturated carbocycles. The number of sulfonamides is 1. The normalized spacial score (nSPS) is 11.0. The average molecular weight is 462 g/mol. The van der Waals surface area contributed by atoms with Crippen LogP contribution >= 0.6 is 11.6 Å². The highest BCUT2D eigenvalue weighted by atomic mass is 35.5. The van der Waals surface area contributed by atoms with Crippen molar-refractivity contribution >= 4 is 33.3 Å². The first-order chi connectivity index (χ1) is 14.7. The van der Waals surface area contributed by atoms with E-state index in [9.17, 15) is 13.2 Å². The van der Waals surface area contributed by atoms with Gasteiger partial charge in [0, 0.05) is 30.3 Å². The molecule has 3 aromatic rings. The van der Waals surface area contributed by atoms with Crippen molar-refractivity contribution in [2.24, 2.45) is 0 Å². The minimum Gasteiger partial charge on any atom is -0.496 e. The Kier molecular flexibility index (Phi) is 6.72. The molecule has 0 N–H and O–H groups in total. The summed E-state index contributed by atoms with van der Waals surface area (Å²) in [6.45, 7) is 0. The van der Waals surface area contributed by atoms with Crippen LogP contribution in [-0.4, -0.2) is 35.7 Å². The van der Waals surface area contributed by atoms with Gasteiger partial charge in [-0.15, -0.1) is 0 Å². The van der Waals surface area contributed by atoms with E-state index >= 15 is 0 Å². The van der Waals surface area contributed by atoms with Gasteiger partial charge >= 0.3 is 5.97 Å². The number of hydrogen-bond acceptors (Lipinski definition) is 6. The minimum absolute atomic E-state index is 0.0624. The minimum atomic E-state index is -3.93. The zero-order valence-electron chi connectivity index (χ0n) is 17.0. The summed E-state index contributed by atoms with van der Waals surface area (Å²) in [6.07, 6.45) is 0. The highest BCUT2D eigenvalue weighted by Gasteiger charge is 2.23. The fourth-order valence-corrected chi connectivity index (χ4v) is 4.18. The molecule has 0 radical (unpaired) electrons. The molecule has 0 spiro atoms. The van der Waals surface area contributed by atoms with Gasteiger partial charge in [0.25, 0.3) is 10.0 Å². The third-order valence-electron chi connectivity index (χ3n) is 4.44. The molecule has 7 nitrogen and oxygen atoms in total.